The monoisotopic (exact) mass is 297 g/mol. The molecule has 0 aliphatic rings. The zero-order chi connectivity index (χ0) is 15.7. The lowest BCUT2D eigenvalue weighted by Crippen LogP contribution is -2.10. The standard InChI is InChI=1S/C16H11NO5/c1-21-12-8-4-3-7-11(12)16-14(17(19)20)15(18)10-6-2-5-9-13(10)22-16/h2-9H,1H3. The van der Waals surface area contributed by atoms with Crippen molar-refractivity contribution >= 4 is 16.7 Å². The van der Waals surface area contributed by atoms with Crippen molar-refractivity contribution in [1.29, 1.82) is 0 Å². The van der Waals surface area contributed by atoms with E-state index < -0.39 is 16.0 Å². The average molecular weight is 297 g/mol. The lowest BCUT2D eigenvalue weighted by molar-refractivity contribution is -0.386. The molecule has 1 aromatic heterocycles. The number of nitrogens with zero attached hydrogens (tertiary/aromatic N) is 1. The van der Waals surface area contributed by atoms with Gasteiger partial charge in [-0.25, -0.2) is 0 Å². The fourth-order valence-electron chi connectivity index (χ4n) is 2.31. The van der Waals surface area contributed by atoms with Crippen LogP contribution < -0.4 is 10.2 Å². The summed E-state index contributed by atoms with van der Waals surface area (Å²) in [6.07, 6.45) is 0. The van der Waals surface area contributed by atoms with E-state index in [0.717, 1.165) is 0 Å². The van der Waals surface area contributed by atoms with Crippen LogP contribution in [0.2, 0.25) is 0 Å². The lowest BCUT2D eigenvalue weighted by Gasteiger charge is -2.08. The molecule has 0 atom stereocenters. The molecule has 0 bridgehead atoms. The van der Waals surface area contributed by atoms with Crippen LogP contribution in [0, 0.1) is 10.1 Å². The van der Waals surface area contributed by atoms with Crippen LogP contribution in [0.3, 0.4) is 0 Å². The van der Waals surface area contributed by atoms with Crippen LogP contribution in [0.1, 0.15) is 0 Å². The fourth-order valence-corrected chi connectivity index (χ4v) is 2.31. The molecule has 0 N–H and O–H groups in total. The van der Waals surface area contributed by atoms with Gasteiger partial charge in [-0.3, -0.25) is 14.9 Å². The molecule has 0 amide bonds. The predicted molar refractivity (Wildman–Crippen MR) is 81.1 cm³/mol. The summed E-state index contributed by atoms with van der Waals surface area (Å²) >= 11 is 0. The Balaban J connectivity index is 2.45. The van der Waals surface area contributed by atoms with E-state index in [-0.39, 0.29) is 11.1 Å². The summed E-state index contributed by atoms with van der Waals surface area (Å²) in [5.41, 5.74) is -0.616. The second-order valence-electron chi connectivity index (χ2n) is 4.56. The summed E-state index contributed by atoms with van der Waals surface area (Å²) in [5, 5.41) is 11.5. The largest absolute Gasteiger partial charge is 0.496 e. The van der Waals surface area contributed by atoms with Gasteiger partial charge in [0.2, 0.25) is 5.76 Å². The van der Waals surface area contributed by atoms with Crippen molar-refractivity contribution in [1.82, 2.24) is 0 Å². The predicted octanol–water partition coefficient (Wildman–Crippen LogP) is 3.38. The SMILES string of the molecule is COc1ccccc1-c1oc2ccccc2c(=O)c1[N+](=O)[O-]. The van der Waals surface area contributed by atoms with Gasteiger partial charge in [0.15, 0.2) is 0 Å². The number of nitro groups is 1. The Bertz CT molecular complexity index is 929. The molecule has 0 spiro atoms. The molecule has 0 unspecified atom stereocenters. The van der Waals surface area contributed by atoms with Crippen molar-refractivity contribution in [3.05, 3.63) is 68.9 Å². The molecule has 1 heterocycles. The van der Waals surface area contributed by atoms with Crippen LogP contribution in [0.25, 0.3) is 22.3 Å². The number of methoxy groups -OCH3 is 1. The average Bonchev–Trinajstić information content (AvgIpc) is 2.54. The topological polar surface area (TPSA) is 82.6 Å². The molecular formula is C16H11NO5. The molecule has 0 saturated carbocycles. The Labute approximate surface area is 124 Å². The number of hydrogen-bond donors (Lipinski definition) is 0. The van der Waals surface area contributed by atoms with E-state index >= 15 is 0 Å². The van der Waals surface area contributed by atoms with Gasteiger partial charge in [0.1, 0.15) is 11.3 Å². The van der Waals surface area contributed by atoms with E-state index in [4.69, 9.17) is 9.15 Å². The zero-order valence-corrected chi connectivity index (χ0v) is 11.6. The van der Waals surface area contributed by atoms with Gasteiger partial charge < -0.3 is 9.15 Å². The Hall–Kier alpha value is -3.15. The van der Waals surface area contributed by atoms with Gasteiger partial charge in [-0.1, -0.05) is 24.3 Å². The van der Waals surface area contributed by atoms with Gasteiger partial charge >= 0.3 is 5.69 Å². The molecule has 22 heavy (non-hydrogen) atoms. The van der Waals surface area contributed by atoms with E-state index in [2.05, 4.69) is 0 Å². The highest BCUT2D eigenvalue weighted by Gasteiger charge is 2.27. The number of rotatable bonds is 3. The first kappa shape index (κ1) is 13.8. The number of para-hydroxylation sites is 2. The van der Waals surface area contributed by atoms with Gasteiger partial charge in [-0.05, 0) is 24.3 Å². The minimum Gasteiger partial charge on any atom is -0.496 e. The molecule has 110 valence electrons. The van der Waals surface area contributed by atoms with Crippen LogP contribution in [0.4, 0.5) is 5.69 Å². The normalized spacial score (nSPS) is 10.6. The van der Waals surface area contributed by atoms with Crippen molar-refractivity contribution in [3.8, 4) is 17.1 Å². The first-order valence-corrected chi connectivity index (χ1v) is 6.47. The molecule has 3 aromatic rings. The van der Waals surface area contributed by atoms with Crippen molar-refractivity contribution < 1.29 is 14.1 Å². The molecule has 0 aliphatic carbocycles. The molecule has 3 rings (SSSR count). The highest BCUT2D eigenvalue weighted by atomic mass is 16.6. The molecule has 0 fully saturated rings. The molecule has 2 aromatic carbocycles. The summed E-state index contributed by atoms with van der Waals surface area (Å²) in [6, 6.07) is 13.1. The Morgan fingerprint density at radius 2 is 1.77 bits per heavy atom. The van der Waals surface area contributed by atoms with E-state index in [0.29, 0.717) is 16.9 Å². The lowest BCUT2D eigenvalue weighted by atomic mass is 10.1. The molecule has 0 radical (unpaired) electrons. The van der Waals surface area contributed by atoms with Crippen LogP contribution in [0.15, 0.2) is 57.7 Å². The van der Waals surface area contributed by atoms with Crippen LogP contribution in [-0.2, 0) is 0 Å². The van der Waals surface area contributed by atoms with E-state index in [1.165, 1.54) is 13.2 Å². The molecule has 6 nitrogen and oxygen atoms in total. The second kappa shape index (κ2) is 5.33. The number of ether oxygens (including phenoxy) is 1. The first-order valence-electron chi connectivity index (χ1n) is 6.47. The van der Waals surface area contributed by atoms with Gasteiger partial charge in [0.25, 0.3) is 5.43 Å². The van der Waals surface area contributed by atoms with Gasteiger partial charge in [-0.2, -0.15) is 0 Å². The zero-order valence-electron chi connectivity index (χ0n) is 11.6. The van der Waals surface area contributed by atoms with Crippen LogP contribution >= 0.6 is 0 Å². The van der Waals surface area contributed by atoms with Crippen molar-refractivity contribution in [2.75, 3.05) is 7.11 Å². The second-order valence-corrected chi connectivity index (χ2v) is 4.56. The molecule has 0 aliphatic heterocycles. The van der Waals surface area contributed by atoms with Gasteiger partial charge in [0.05, 0.1) is 23.0 Å². The number of benzene rings is 2. The summed E-state index contributed by atoms with van der Waals surface area (Å²) in [7, 11) is 1.45. The van der Waals surface area contributed by atoms with Gasteiger partial charge in [-0.15, -0.1) is 0 Å². The molecular weight excluding hydrogens is 286 g/mol. The quantitative estimate of drug-likeness (QED) is 0.546. The third-order valence-corrected chi connectivity index (χ3v) is 3.31. The maximum atomic E-state index is 12.4. The first-order chi connectivity index (χ1) is 10.6. The Morgan fingerprint density at radius 1 is 1.09 bits per heavy atom. The van der Waals surface area contributed by atoms with Crippen molar-refractivity contribution in [2.24, 2.45) is 0 Å². The van der Waals surface area contributed by atoms with Crippen LogP contribution in [0.5, 0.6) is 5.75 Å². The maximum Gasteiger partial charge on any atom is 0.359 e. The molecule has 0 saturated heterocycles. The third kappa shape index (κ3) is 2.10. The fraction of sp³-hybridized carbons (Fsp3) is 0.0625. The highest BCUT2D eigenvalue weighted by Crippen LogP contribution is 2.36. The van der Waals surface area contributed by atoms with Crippen molar-refractivity contribution in [2.45, 2.75) is 0 Å². The Kier molecular flexibility index (Phi) is 3.34. The number of fused-ring (bicyclic) bond motifs is 1. The summed E-state index contributed by atoms with van der Waals surface area (Å²) < 4.78 is 10.8. The van der Waals surface area contributed by atoms with Crippen LogP contribution in [-0.4, -0.2) is 12.0 Å². The van der Waals surface area contributed by atoms with E-state index in [1.54, 1.807) is 42.5 Å². The smallest absolute Gasteiger partial charge is 0.359 e. The summed E-state index contributed by atoms with van der Waals surface area (Å²) in [5.74, 6) is 0.287. The van der Waals surface area contributed by atoms with E-state index in [9.17, 15) is 14.9 Å². The van der Waals surface area contributed by atoms with Crippen molar-refractivity contribution in [3.63, 3.8) is 0 Å². The summed E-state index contributed by atoms with van der Waals surface area (Å²) in [6.45, 7) is 0. The maximum absolute atomic E-state index is 12.4. The molecule has 6 heteroatoms. The minimum atomic E-state index is -0.722. The van der Waals surface area contributed by atoms with E-state index in [1.807, 2.05) is 0 Å². The highest BCUT2D eigenvalue weighted by molar-refractivity contribution is 5.84. The summed E-state index contributed by atoms with van der Waals surface area (Å²) in [4.78, 5) is 23.1. The Morgan fingerprint density at radius 3 is 2.50 bits per heavy atom. The number of hydrogen-bond acceptors (Lipinski definition) is 5. The van der Waals surface area contributed by atoms with Gasteiger partial charge in [0, 0.05) is 0 Å². The minimum absolute atomic E-state index is 0.105. The third-order valence-electron chi connectivity index (χ3n) is 3.31.